The van der Waals surface area contributed by atoms with Gasteiger partial charge in [0.15, 0.2) is 0 Å². The third kappa shape index (κ3) is 7.18. The van der Waals surface area contributed by atoms with Crippen molar-refractivity contribution in [2.45, 2.75) is 26.2 Å². The number of nitrogens with zero attached hydrogens (tertiary/aromatic N) is 2. The molecule has 8 heteroatoms. The third-order valence-electron chi connectivity index (χ3n) is 5.98. The monoisotopic (exact) mass is 460 g/mol. The molecule has 0 heterocycles. The van der Waals surface area contributed by atoms with E-state index in [2.05, 4.69) is 64.6 Å². The highest BCUT2D eigenvalue weighted by Gasteiger charge is 2.24. The van der Waals surface area contributed by atoms with Crippen LogP contribution in [0.3, 0.4) is 0 Å². The smallest absolute Gasteiger partial charge is 0.423 e. The number of rotatable bonds is 10. The Morgan fingerprint density at radius 3 is 1.59 bits per heavy atom. The molecule has 176 valence electrons. The standard InChI is InChI=1S/C26H34B2N2O4/c1-29(2,19-23-9-5-7-11-25(23)27(31)32)17-21-13-15-22(16-14-21)18-30(3,4)20-24-10-6-8-12-26(24)28(33)34/h5,7,9-16,31-34H,17-20H2,1-4H3/q+2. The average molecular weight is 460 g/mol. The van der Waals surface area contributed by atoms with E-state index in [-0.39, 0.29) is 0 Å². The number of hydrogen-bond donors (Lipinski definition) is 4. The summed E-state index contributed by atoms with van der Waals surface area (Å²) in [6.45, 7) is 2.92. The molecule has 0 amide bonds. The van der Waals surface area contributed by atoms with Crippen molar-refractivity contribution in [3.63, 3.8) is 0 Å². The van der Waals surface area contributed by atoms with Crippen LogP contribution in [0.1, 0.15) is 22.3 Å². The average Bonchev–Trinajstić information content (AvgIpc) is 2.74. The van der Waals surface area contributed by atoms with Crippen molar-refractivity contribution < 1.29 is 29.1 Å². The molecular weight excluding hydrogens is 426 g/mol. The largest absolute Gasteiger partial charge is 0.489 e. The molecule has 0 unspecified atom stereocenters. The van der Waals surface area contributed by atoms with Crippen LogP contribution in [-0.2, 0) is 26.2 Å². The summed E-state index contributed by atoms with van der Waals surface area (Å²) in [5, 5.41) is 38.6. The summed E-state index contributed by atoms with van der Waals surface area (Å²) in [5.74, 6) is 0. The maximum absolute atomic E-state index is 9.67. The highest BCUT2D eigenvalue weighted by Crippen LogP contribution is 2.18. The van der Waals surface area contributed by atoms with E-state index >= 15 is 0 Å². The van der Waals surface area contributed by atoms with Crippen LogP contribution in [0.25, 0.3) is 0 Å². The second-order valence-electron chi connectivity index (χ2n) is 10.3. The van der Waals surface area contributed by atoms with Gasteiger partial charge in [0.25, 0.3) is 0 Å². The van der Waals surface area contributed by atoms with E-state index < -0.39 is 14.2 Å². The van der Waals surface area contributed by atoms with Crippen LogP contribution in [0.4, 0.5) is 0 Å². The lowest BCUT2D eigenvalue weighted by atomic mass is 9.77. The van der Waals surface area contributed by atoms with Gasteiger partial charge in [0.05, 0.1) is 28.2 Å². The number of quaternary nitrogens is 2. The molecule has 4 N–H and O–H groups in total. The van der Waals surface area contributed by atoms with Crippen LogP contribution in [-0.4, -0.2) is 71.5 Å². The first-order valence-corrected chi connectivity index (χ1v) is 11.4. The van der Waals surface area contributed by atoms with E-state index in [1.807, 2.05) is 18.2 Å². The van der Waals surface area contributed by atoms with E-state index in [1.54, 1.807) is 18.2 Å². The van der Waals surface area contributed by atoms with Crippen LogP contribution in [0, 0.1) is 12.1 Å². The third-order valence-corrected chi connectivity index (χ3v) is 5.98. The summed E-state index contributed by atoms with van der Waals surface area (Å²) in [5.41, 5.74) is 5.21. The summed E-state index contributed by atoms with van der Waals surface area (Å²) in [4.78, 5) is 0. The molecule has 0 atom stereocenters. The van der Waals surface area contributed by atoms with Gasteiger partial charge in [0.2, 0.25) is 0 Å². The number of hydrogen-bond acceptors (Lipinski definition) is 4. The molecule has 0 radical (unpaired) electrons. The second-order valence-corrected chi connectivity index (χ2v) is 10.3. The van der Waals surface area contributed by atoms with E-state index in [0.29, 0.717) is 33.0 Å². The summed E-state index contributed by atoms with van der Waals surface area (Å²) in [6.07, 6.45) is 0. The molecule has 0 bridgehead atoms. The first kappa shape index (κ1) is 26.0. The van der Waals surface area contributed by atoms with Gasteiger partial charge in [-0.25, -0.2) is 0 Å². The normalized spacial score (nSPS) is 11.8. The fourth-order valence-corrected chi connectivity index (χ4v) is 4.50. The van der Waals surface area contributed by atoms with E-state index in [4.69, 9.17) is 0 Å². The molecule has 3 aromatic rings. The summed E-state index contributed by atoms with van der Waals surface area (Å²) in [6, 6.07) is 25.1. The SMILES string of the molecule is C[N+](C)(Cc1ccc(C[N+](C)(C)Cc2ccccc2B(O)O)cc1)Cc1cc#ccc1B(O)O. The fourth-order valence-electron chi connectivity index (χ4n) is 4.50. The van der Waals surface area contributed by atoms with Gasteiger partial charge >= 0.3 is 14.2 Å². The predicted molar refractivity (Wildman–Crippen MR) is 136 cm³/mol. The molecule has 0 aliphatic rings. The van der Waals surface area contributed by atoms with Gasteiger partial charge in [-0.15, -0.1) is 0 Å². The zero-order valence-corrected chi connectivity index (χ0v) is 20.4. The van der Waals surface area contributed by atoms with Gasteiger partial charge in [0.1, 0.15) is 26.2 Å². The van der Waals surface area contributed by atoms with Crippen LogP contribution < -0.4 is 10.9 Å². The molecule has 0 fully saturated rings. The molecule has 3 rings (SSSR count). The molecule has 3 aromatic carbocycles. The van der Waals surface area contributed by atoms with Gasteiger partial charge in [0, 0.05) is 22.3 Å². The van der Waals surface area contributed by atoms with Crippen LogP contribution in [0.15, 0.2) is 60.7 Å². The molecule has 0 saturated carbocycles. The van der Waals surface area contributed by atoms with Crippen LogP contribution in [0.5, 0.6) is 0 Å². The van der Waals surface area contributed by atoms with Crippen molar-refractivity contribution >= 4 is 25.2 Å². The highest BCUT2D eigenvalue weighted by molar-refractivity contribution is 6.59. The Kier molecular flexibility index (Phi) is 8.21. The van der Waals surface area contributed by atoms with Crippen LogP contribution >= 0.6 is 0 Å². The Hall–Kier alpha value is -2.63. The zero-order valence-electron chi connectivity index (χ0n) is 20.4. The van der Waals surface area contributed by atoms with Crippen molar-refractivity contribution in [3.05, 3.63) is 95.1 Å². The van der Waals surface area contributed by atoms with Gasteiger partial charge in [-0.05, 0) is 23.1 Å². The first-order chi connectivity index (χ1) is 16.0. The Balaban J connectivity index is 1.66. The summed E-state index contributed by atoms with van der Waals surface area (Å²) in [7, 11) is 5.51. The van der Waals surface area contributed by atoms with Crippen molar-refractivity contribution in [1.29, 1.82) is 0 Å². The molecule has 0 aromatic heterocycles. The minimum atomic E-state index is -1.52. The highest BCUT2D eigenvalue weighted by atomic mass is 16.4. The molecule has 0 aliphatic heterocycles. The van der Waals surface area contributed by atoms with Crippen molar-refractivity contribution in [1.82, 2.24) is 0 Å². The van der Waals surface area contributed by atoms with Gasteiger partial charge < -0.3 is 29.1 Å². The van der Waals surface area contributed by atoms with Gasteiger partial charge in [-0.2, -0.15) is 0 Å². The Labute approximate surface area is 203 Å². The van der Waals surface area contributed by atoms with E-state index in [0.717, 1.165) is 24.2 Å². The molecule has 34 heavy (non-hydrogen) atoms. The Morgan fingerprint density at radius 2 is 1.06 bits per heavy atom. The number of benzene rings is 2. The fraction of sp³-hybridized carbons (Fsp3) is 0.308. The van der Waals surface area contributed by atoms with Crippen LogP contribution in [0.2, 0.25) is 0 Å². The lowest BCUT2D eigenvalue weighted by molar-refractivity contribution is -0.917. The molecule has 6 nitrogen and oxygen atoms in total. The molecule has 0 aliphatic carbocycles. The quantitative estimate of drug-likeness (QED) is 0.258. The van der Waals surface area contributed by atoms with Gasteiger partial charge in [-0.1, -0.05) is 60.7 Å². The molecular formula is C26H34B2N2O4+2. The minimum absolute atomic E-state index is 0.468. The summed E-state index contributed by atoms with van der Waals surface area (Å²) >= 11 is 0. The lowest BCUT2D eigenvalue weighted by Crippen LogP contribution is -2.42. The lowest BCUT2D eigenvalue weighted by Gasteiger charge is -2.32. The Morgan fingerprint density at radius 1 is 0.588 bits per heavy atom. The maximum atomic E-state index is 9.67. The minimum Gasteiger partial charge on any atom is -0.423 e. The first-order valence-electron chi connectivity index (χ1n) is 11.4. The topological polar surface area (TPSA) is 80.9 Å². The van der Waals surface area contributed by atoms with Gasteiger partial charge in [-0.3, -0.25) is 0 Å². The second kappa shape index (κ2) is 10.7. The predicted octanol–water partition coefficient (Wildman–Crippen LogP) is 0.200. The van der Waals surface area contributed by atoms with Crippen molar-refractivity contribution in [3.8, 4) is 0 Å². The summed E-state index contributed by atoms with van der Waals surface area (Å²) < 4.78 is 1.33. The Bertz CT molecular complexity index is 1000. The van der Waals surface area contributed by atoms with Crippen molar-refractivity contribution in [2.24, 2.45) is 0 Å². The molecule has 0 spiro atoms. The molecule has 0 saturated heterocycles. The maximum Gasteiger partial charge on any atom is 0.489 e. The zero-order chi connectivity index (χ0) is 24.9. The van der Waals surface area contributed by atoms with E-state index in [1.165, 1.54) is 11.1 Å². The van der Waals surface area contributed by atoms with E-state index in [9.17, 15) is 20.1 Å². The van der Waals surface area contributed by atoms with Crippen molar-refractivity contribution in [2.75, 3.05) is 28.2 Å².